The summed E-state index contributed by atoms with van der Waals surface area (Å²) >= 11 is 5.21. The molecule has 0 bridgehead atoms. The quantitative estimate of drug-likeness (QED) is 0.833. The Morgan fingerprint density at radius 2 is 2.33 bits per heavy atom. The molecule has 128 valence electrons. The van der Waals surface area contributed by atoms with Gasteiger partial charge in [-0.25, -0.2) is 0 Å². The van der Waals surface area contributed by atoms with Crippen LogP contribution in [-0.4, -0.2) is 34.2 Å². The summed E-state index contributed by atoms with van der Waals surface area (Å²) in [6.45, 7) is 5.07. The lowest BCUT2D eigenvalue weighted by Gasteiger charge is -2.20. The second kappa shape index (κ2) is 6.86. The number of hydrogen-bond donors (Lipinski definition) is 2. The van der Waals surface area contributed by atoms with Gasteiger partial charge in [-0.1, -0.05) is 0 Å². The number of benzene rings is 1. The minimum absolute atomic E-state index is 0.0534. The van der Waals surface area contributed by atoms with Gasteiger partial charge in [0, 0.05) is 18.7 Å². The highest BCUT2D eigenvalue weighted by Crippen LogP contribution is 2.16. The van der Waals surface area contributed by atoms with Crippen molar-refractivity contribution in [2.45, 2.75) is 45.4 Å². The smallest absolute Gasteiger partial charge is 0.262 e. The number of ether oxygens (including phenoxy) is 1. The molecule has 24 heavy (non-hydrogen) atoms. The molecule has 1 aliphatic rings. The van der Waals surface area contributed by atoms with Crippen molar-refractivity contribution in [3.63, 3.8) is 0 Å². The molecule has 0 aliphatic carbocycles. The van der Waals surface area contributed by atoms with Gasteiger partial charge >= 0.3 is 0 Å². The largest absolute Gasteiger partial charge is 0.376 e. The first-order valence-electron chi connectivity index (χ1n) is 8.20. The van der Waals surface area contributed by atoms with Gasteiger partial charge in [0.15, 0.2) is 4.77 Å². The number of nitrogens with one attached hydrogen (secondary N) is 2. The minimum atomic E-state index is -0.182. The summed E-state index contributed by atoms with van der Waals surface area (Å²) < 4.78 is 7.46. The van der Waals surface area contributed by atoms with Gasteiger partial charge in [-0.2, -0.15) is 0 Å². The van der Waals surface area contributed by atoms with Gasteiger partial charge in [-0.3, -0.25) is 14.2 Å². The van der Waals surface area contributed by atoms with E-state index in [1.54, 1.807) is 18.2 Å². The number of carbonyl (C=O) groups is 1. The van der Waals surface area contributed by atoms with Gasteiger partial charge in [0.05, 0.1) is 23.0 Å². The van der Waals surface area contributed by atoms with Crippen molar-refractivity contribution in [1.29, 1.82) is 0 Å². The Morgan fingerprint density at radius 3 is 3.00 bits per heavy atom. The lowest BCUT2D eigenvalue weighted by atomic mass is 10.1. The summed E-state index contributed by atoms with van der Waals surface area (Å²) in [6.07, 6.45) is 2.06. The van der Waals surface area contributed by atoms with Gasteiger partial charge in [0.1, 0.15) is 0 Å². The molecule has 1 aromatic carbocycles. The highest BCUT2D eigenvalue weighted by Gasteiger charge is 2.24. The molecule has 2 heterocycles. The highest BCUT2D eigenvalue weighted by atomic mass is 32.1. The molecule has 6 nitrogen and oxygen atoms in total. The van der Waals surface area contributed by atoms with Crippen LogP contribution < -0.4 is 10.9 Å². The molecule has 1 fully saturated rings. The summed E-state index contributed by atoms with van der Waals surface area (Å²) in [4.78, 5) is 27.9. The summed E-state index contributed by atoms with van der Waals surface area (Å²) in [5.74, 6) is -0.182. The maximum Gasteiger partial charge on any atom is 0.262 e. The van der Waals surface area contributed by atoms with E-state index >= 15 is 0 Å². The number of nitrogens with zero attached hydrogens (tertiary/aromatic N) is 1. The average Bonchev–Trinajstić information content (AvgIpc) is 3.09. The van der Waals surface area contributed by atoms with Crippen molar-refractivity contribution in [3.05, 3.63) is 38.9 Å². The summed E-state index contributed by atoms with van der Waals surface area (Å²) in [7, 11) is 0. The van der Waals surface area contributed by atoms with Crippen LogP contribution in [0, 0.1) is 4.77 Å². The molecule has 1 amide bonds. The second-order valence-electron chi connectivity index (χ2n) is 6.05. The highest BCUT2D eigenvalue weighted by molar-refractivity contribution is 7.71. The van der Waals surface area contributed by atoms with E-state index in [9.17, 15) is 9.59 Å². The van der Waals surface area contributed by atoms with Crippen LogP contribution >= 0.6 is 12.2 Å². The normalized spacial score (nSPS) is 18.7. The van der Waals surface area contributed by atoms with Crippen LogP contribution in [0.25, 0.3) is 10.9 Å². The molecule has 2 aromatic rings. The van der Waals surface area contributed by atoms with Crippen LogP contribution in [0.2, 0.25) is 0 Å². The SMILES string of the molecule is CCn1c(=S)[nH]c2cc(C(=O)NC(C)C3CCCO3)ccc2c1=O. The molecular weight excluding hydrogens is 326 g/mol. The molecule has 2 N–H and O–H groups in total. The van der Waals surface area contributed by atoms with E-state index in [1.807, 2.05) is 13.8 Å². The first-order valence-corrected chi connectivity index (χ1v) is 8.61. The minimum Gasteiger partial charge on any atom is -0.376 e. The van der Waals surface area contributed by atoms with Gasteiger partial charge in [0.2, 0.25) is 0 Å². The third-order valence-electron chi connectivity index (χ3n) is 4.44. The van der Waals surface area contributed by atoms with E-state index < -0.39 is 0 Å². The molecule has 0 radical (unpaired) electrons. The Kier molecular flexibility index (Phi) is 4.82. The van der Waals surface area contributed by atoms with Crippen LogP contribution in [0.3, 0.4) is 0 Å². The van der Waals surface area contributed by atoms with Gasteiger partial charge in [0.25, 0.3) is 11.5 Å². The number of fused-ring (bicyclic) bond motifs is 1. The third-order valence-corrected chi connectivity index (χ3v) is 4.76. The molecule has 7 heteroatoms. The van der Waals surface area contributed by atoms with Crippen molar-refractivity contribution in [1.82, 2.24) is 14.9 Å². The van der Waals surface area contributed by atoms with Crippen LogP contribution in [0.5, 0.6) is 0 Å². The van der Waals surface area contributed by atoms with Crippen LogP contribution in [-0.2, 0) is 11.3 Å². The molecule has 1 saturated heterocycles. The van der Waals surface area contributed by atoms with E-state index in [2.05, 4.69) is 10.3 Å². The number of hydrogen-bond acceptors (Lipinski definition) is 4. The van der Waals surface area contributed by atoms with Crippen molar-refractivity contribution in [2.24, 2.45) is 0 Å². The van der Waals surface area contributed by atoms with Crippen molar-refractivity contribution < 1.29 is 9.53 Å². The lowest BCUT2D eigenvalue weighted by molar-refractivity contribution is 0.0712. The Morgan fingerprint density at radius 1 is 1.54 bits per heavy atom. The Balaban J connectivity index is 1.89. The van der Waals surface area contributed by atoms with E-state index in [0.29, 0.717) is 27.8 Å². The first kappa shape index (κ1) is 16.9. The molecule has 0 saturated carbocycles. The number of aromatic nitrogens is 2. The Labute approximate surface area is 144 Å². The maximum absolute atomic E-state index is 12.5. The summed E-state index contributed by atoms with van der Waals surface area (Å²) in [6, 6.07) is 4.95. The molecule has 0 spiro atoms. The van der Waals surface area contributed by atoms with Crippen molar-refractivity contribution in [3.8, 4) is 0 Å². The average molecular weight is 347 g/mol. The van der Waals surface area contributed by atoms with Crippen LogP contribution in [0.1, 0.15) is 37.0 Å². The van der Waals surface area contributed by atoms with Gasteiger partial charge in [-0.05, 0) is 57.1 Å². The molecular formula is C17H21N3O3S. The Bertz CT molecular complexity index is 881. The van der Waals surface area contributed by atoms with E-state index in [4.69, 9.17) is 17.0 Å². The summed E-state index contributed by atoms with van der Waals surface area (Å²) in [5, 5.41) is 3.49. The zero-order chi connectivity index (χ0) is 17.3. The predicted molar refractivity (Wildman–Crippen MR) is 95.0 cm³/mol. The van der Waals surface area contributed by atoms with E-state index in [1.165, 1.54) is 4.57 Å². The van der Waals surface area contributed by atoms with Crippen molar-refractivity contribution >= 4 is 29.0 Å². The fraction of sp³-hybridized carbons (Fsp3) is 0.471. The molecule has 1 aliphatic heterocycles. The number of amides is 1. The zero-order valence-electron chi connectivity index (χ0n) is 13.8. The van der Waals surface area contributed by atoms with Crippen molar-refractivity contribution in [2.75, 3.05) is 6.61 Å². The van der Waals surface area contributed by atoms with Crippen LogP contribution in [0.4, 0.5) is 0 Å². The molecule has 2 atom stereocenters. The molecule has 2 unspecified atom stereocenters. The topological polar surface area (TPSA) is 76.1 Å². The zero-order valence-corrected chi connectivity index (χ0v) is 14.6. The number of rotatable bonds is 4. The third kappa shape index (κ3) is 3.14. The van der Waals surface area contributed by atoms with Crippen LogP contribution in [0.15, 0.2) is 23.0 Å². The predicted octanol–water partition coefficient (Wildman–Crippen LogP) is 2.38. The standard InChI is InChI=1S/C17H21N3O3S/c1-3-20-16(22)12-7-6-11(9-13(12)19-17(20)24)15(21)18-10(2)14-5-4-8-23-14/h6-7,9-10,14H,3-5,8H2,1-2H3,(H,18,21)(H,19,24). The fourth-order valence-corrected chi connectivity index (χ4v) is 3.38. The van der Waals surface area contributed by atoms with E-state index in [-0.39, 0.29) is 23.6 Å². The first-order chi connectivity index (χ1) is 11.5. The number of H-pyrrole nitrogens is 1. The second-order valence-corrected chi connectivity index (χ2v) is 6.44. The Hall–Kier alpha value is -1.99. The molecule has 3 rings (SSSR count). The van der Waals surface area contributed by atoms with E-state index in [0.717, 1.165) is 19.4 Å². The number of carbonyl (C=O) groups excluding carboxylic acids is 1. The van der Waals surface area contributed by atoms with Gasteiger partial charge < -0.3 is 15.0 Å². The monoisotopic (exact) mass is 347 g/mol. The lowest BCUT2D eigenvalue weighted by Crippen LogP contribution is -2.40. The fourth-order valence-electron chi connectivity index (χ4n) is 3.06. The number of aromatic amines is 1. The summed E-state index contributed by atoms with van der Waals surface area (Å²) in [5.41, 5.74) is 0.926. The maximum atomic E-state index is 12.5. The molecule has 1 aromatic heterocycles. The van der Waals surface area contributed by atoms with Gasteiger partial charge in [-0.15, -0.1) is 0 Å².